The Morgan fingerprint density at radius 2 is 2.40 bits per heavy atom. The lowest BCUT2D eigenvalue weighted by molar-refractivity contribution is 0.495. The maximum Gasteiger partial charge on any atom is 0.250 e. The van der Waals surface area contributed by atoms with Crippen LogP contribution in [0.15, 0.2) is 16.8 Å². The molecule has 0 spiro atoms. The Morgan fingerprint density at radius 3 is 3.13 bits per heavy atom. The van der Waals surface area contributed by atoms with Gasteiger partial charge in [-0.05, 0) is 20.0 Å². The number of hydrogen-bond acceptors (Lipinski definition) is 5. The average Bonchev–Trinajstić information content (AvgIpc) is 2.87. The third-order valence-electron chi connectivity index (χ3n) is 2.03. The van der Waals surface area contributed by atoms with E-state index in [0.29, 0.717) is 11.8 Å². The molecule has 2 aromatic rings. The minimum atomic E-state index is 0.517. The minimum absolute atomic E-state index is 0.517. The molecule has 2 N–H and O–H groups in total. The SMILES string of the molecule is CNCCCc1nnc(-c2cn[nH]c2)o1. The molecule has 6 nitrogen and oxygen atoms in total. The Labute approximate surface area is 87.1 Å². The molecule has 80 valence electrons. The topological polar surface area (TPSA) is 79.6 Å². The van der Waals surface area contributed by atoms with Crippen molar-refractivity contribution in [3.8, 4) is 11.5 Å². The number of aromatic nitrogens is 4. The van der Waals surface area contributed by atoms with Crippen LogP contribution in [0.2, 0.25) is 0 Å². The molecule has 2 rings (SSSR count). The molecular formula is C9H13N5O. The van der Waals surface area contributed by atoms with E-state index in [4.69, 9.17) is 4.42 Å². The van der Waals surface area contributed by atoms with Gasteiger partial charge in [0.2, 0.25) is 5.89 Å². The van der Waals surface area contributed by atoms with E-state index in [0.717, 1.165) is 24.9 Å². The molecule has 0 aliphatic heterocycles. The van der Waals surface area contributed by atoms with Gasteiger partial charge in [-0.1, -0.05) is 0 Å². The Hall–Kier alpha value is -1.69. The van der Waals surface area contributed by atoms with Crippen molar-refractivity contribution in [2.45, 2.75) is 12.8 Å². The maximum absolute atomic E-state index is 5.46. The summed E-state index contributed by atoms with van der Waals surface area (Å²) < 4.78 is 5.46. The highest BCUT2D eigenvalue weighted by Gasteiger charge is 2.08. The molecule has 0 atom stereocenters. The third kappa shape index (κ3) is 2.41. The highest BCUT2D eigenvalue weighted by Crippen LogP contribution is 2.15. The zero-order chi connectivity index (χ0) is 10.5. The summed E-state index contributed by atoms with van der Waals surface area (Å²) in [5, 5.41) is 17.5. The monoisotopic (exact) mass is 207 g/mol. The molecule has 0 aliphatic carbocycles. The smallest absolute Gasteiger partial charge is 0.250 e. The summed E-state index contributed by atoms with van der Waals surface area (Å²) >= 11 is 0. The molecule has 0 saturated heterocycles. The second kappa shape index (κ2) is 4.70. The summed E-state index contributed by atoms with van der Waals surface area (Å²) in [7, 11) is 1.92. The summed E-state index contributed by atoms with van der Waals surface area (Å²) in [5.74, 6) is 1.18. The van der Waals surface area contributed by atoms with Crippen LogP contribution >= 0.6 is 0 Å². The lowest BCUT2D eigenvalue weighted by atomic mass is 10.3. The molecule has 6 heteroatoms. The van der Waals surface area contributed by atoms with Gasteiger partial charge in [-0.3, -0.25) is 5.10 Å². The molecule has 0 aliphatic rings. The van der Waals surface area contributed by atoms with Crippen molar-refractivity contribution in [1.82, 2.24) is 25.7 Å². The molecule has 2 heterocycles. The Bertz CT molecular complexity index is 394. The van der Waals surface area contributed by atoms with Crippen LogP contribution in [0, 0.1) is 0 Å². The van der Waals surface area contributed by atoms with Crippen molar-refractivity contribution in [2.75, 3.05) is 13.6 Å². The summed E-state index contributed by atoms with van der Waals surface area (Å²) in [5.41, 5.74) is 0.822. The lowest BCUT2D eigenvalue weighted by Crippen LogP contribution is -2.08. The Morgan fingerprint density at radius 1 is 1.47 bits per heavy atom. The van der Waals surface area contributed by atoms with Crippen LogP contribution in [-0.4, -0.2) is 34.0 Å². The molecule has 0 bridgehead atoms. The fourth-order valence-corrected chi connectivity index (χ4v) is 1.26. The van der Waals surface area contributed by atoms with Gasteiger partial charge in [0.1, 0.15) is 0 Å². The van der Waals surface area contributed by atoms with Crippen LogP contribution < -0.4 is 5.32 Å². The molecular weight excluding hydrogens is 194 g/mol. The molecule has 0 fully saturated rings. The Balaban J connectivity index is 1.98. The van der Waals surface area contributed by atoms with Crippen molar-refractivity contribution < 1.29 is 4.42 Å². The van der Waals surface area contributed by atoms with Gasteiger partial charge in [0.05, 0.1) is 11.8 Å². The summed E-state index contributed by atoms with van der Waals surface area (Å²) in [6.45, 7) is 0.948. The van der Waals surface area contributed by atoms with E-state index in [-0.39, 0.29) is 0 Å². The van der Waals surface area contributed by atoms with Crippen LogP contribution in [0.1, 0.15) is 12.3 Å². The third-order valence-corrected chi connectivity index (χ3v) is 2.03. The van der Waals surface area contributed by atoms with Gasteiger partial charge < -0.3 is 9.73 Å². The van der Waals surface area contributed by atoms with Crippen LogP contribution in [0.3, 0.4) is 0 Å². The van der Waals surface area contributed by atoms with Crippen LogP contribution in [0.4, 0.5) is 0 Å². The second-order valence-corrected chi connectivity index (χ2v) is 3.20. The number of aromatic amines is 1. The van der Waals surface area contributed by atoms with Crippen molar-refractivity contribution in [3.63, 3.8) is 0 Å². The predicted octanol–water partition coefficient (Wildman–Crippen LogP) is 0.612. The van der Waals surface area contributed by atoms with Gasteiger partial charge in [0, 0.05) is 12.6 Å². The fraction of sp³-hybridized carbons (Fsp3) is 0.444. The number of rotatable bonds is 5. The number of aryl methyl sites for hydroxylation is 1. The zero-order valence-corrected chi connectivity index (χ0v) is 8.53. The molecule has 0 aromatic carbocycles. The Kier molecular flexibility index (Phi) is 3.08. The fourth-order valence-electron chi connectivity index (χ4n) is 1.26. The van der Waals surface area contributed by atoms with E-state index in [2.05, 4.69) is 25.7 Å². The molecule has 2 aromatic heterocycles. The molecule has 0 radical (unpaired) electrons. The van der Waals surface area contributed by atoms with E-state index < -0.39 is 0 Å². The number of hydrogen-bond donors (Lipinski definition) is 2. The second-order valence-electron chi connectivity index (χ2n) is 3.20. The van der Waals surface area contributed by atoms with E-state index in [9.17, 15) is 0 Å². The van der Waals surface area contributed by atoms with Gasteiger partial charge in [-0.25, -0.2) is 0 Å². The maximum atomic E-state index is 5.46. The van der Waals surface area contributed by atoms with E-state index >= 15 is 0 Å². The van der Waals surface area contributed by atoms with Crippen LogP contribution in [0.5, 0.6) is 0 Å². The van der Waals surface area contributed by atoms with E-state index in [1.165, 1.54) is 0 Å². The first kappa shape index (κ1) is 9.85. The summed E-state index contributed by atoms with van der Waals surface area (Å²) in [6, 6.07) is 0. The van der Waals surface area contributed by atoms with Gasteiger partial charge in [-0.15, -0.1) is 10.2 Å². The van der Waals surface area contributed by atoms with E-state index in [1.54, 1.807) is 12.4 Å². The molecule has 0 amide bonds. The molecule has 0 unspecified atom stereocenters. The summed E-state index contributed by atoms with van der Waals surface area (Å²) in [6.07, 6.45) is 5.17. The van der Waals surface area contributed by atoms with Crippen molar-refractivity contribution in [3.05, 3.63) is 18.3 Å². The standard InChI is InChI=1S/C9H13N5O/c1-10-4-2-3-8-13-14-9(15-8)7-5-11-12-6-7/h5-6,10H,2-4H2,1H3,(H,11,12). The predicted molar refractivity (Wildman–Crippen MR) is 54.1 cm³/mol. The largest absolute Gasteiger partial charge is 0.421 e. The van der Waals surface area contributed by atoms with Crippen LogP contribution in [0.25, 0.3) is 11.5 Å². The van der Waals surface area contributed by atoms with Gasteiger partial charge in [0.15, 0.2) is 0 Å². The quantitative estimate of drug-likeness (QED) is 0.702. The molecule has 15 heavy (non-hydrogen) atoms. The number of nitrogens with one attached hydrogen (secondary N) is 2. The minimum Gasteiger partial charge on any atom is -0.421 e. The van der Waals surface area contributed by atoms with Crippen molar-refractivity contribution >= 4 is 0 Å². The number of H-pyrrole nitrogens is 1. The summed E-state index contributed by atoms with van der Waals surface area (Å²) in [4.78, 5) is 0. The zero-order valence-electron chi connectivity index (χ0n) is 8.53. The van der Waals surface area contributed by atoms with Gasteiger partial charge in [0.25, 0.3) is 5.89 Å². The lowest BCUT2D eigenvalue weighted by Gasteiger charge is -1.93. The first-order chi connectivity index (χ1) is 7.40. The first-order valence-corrected chi connectivity index (χ1v) is 4.86. The van der Waals surface area contributed by atoms with E-state index in [1.807, 2.05) is 7.05 Å². The average molecular weight is 207 g/mol. The highest BCUT2D eigenvalue weighted by atomic mass is 16.4. The van der Waals surface area contributed by atoms with Crippen LogP contribution in [-0.2, 0) is 6.42 Å². The normalized spacial score (nSPS) is 10.7. The van der Waals surface area contributed by atoms with Gasteiger partial charge >= 0.3 is 0 Å². The first-order valence-electron chi connectivity index (χ1n) is 4.86. The van der Waals surface area contributed by atoms with Gasteiger partial charge in [-0.2, -0.15) is 5.10 Å². The molecule has 0 saturated carbocycles. The highest BCUT2D eigenvalue weighted by molar-refractivity contribution is 5.48. The van der Waals surface area contributed by atoms with Crippen molar-refractivity contribution in [1.29, 1.82) is 0 Å². The number of nitrogens with zero attached hydrogens (tertiary/aromatic N) is 3. The van der Waals surface area contributed by atoms with Crippen molar-refractivity contribution in [2.24, 2.45) is 0 Å².